The highest BCUT2D eigenvalue weighted by Gasteiger charge is 1.93. The van der Waals surface area contributed by atoms with Gasteiger partial charge in [-0.25, -0.2) is 0 Å². The van der Waals surface area contributed by atoms with Gasteiger partial charge in [0.05, 0.1) is 0 Å². The van der Waals surface area contributed by atoms with Gasteiger partial charge in [-0.15, -0.1) is 11.8 Å². The summed E-state index contributed by atoms with van der Waals surface area (Å²) in [6, 6.07) is 8.32. The maximum Gasteiger partial charge on any atom is 0.0142 e. The van der Waals surface area contributed by atoms with Crippen LogP contribution in [0, 0.1) is 0 Å². The molecule has 0 fully saturated rings. The second kappa shape index (κ2) is 4.62. The summed E-state index contributed by atoms with van der Waals surface area (Å²) in [5.41, 5.74) is 1.26. The first-order valence-corrected chi connectivity index (χ1v) is 5.42. The summed E-state index contributed by atoms with van der Waals surface area (Å²) < 4.78 is 0. The SMILES string of the molecule is CSc1ccccc1C=CBr. The smallest absolute Gasteiger partial charge is 0.0142 e. The third-order valence-electron chi connectivity index (χ3n) is 1.38. The molecule has 1 aromatic rings. The van der Waals surface area contributed by atoms with E-state index >= 15 is 0 Å². The Morgan fingerprint density at radius 3 is 2.73 bits per heavy atom. The third-order valence-corrected chi connectivity index (χ3v) is 2.46. The average Bonchev–Trinajstić information content (AvgIpc) is 2.06. The van der Waals surface area contributed by atoms with Crippen molar-refractivity contribution in [1.82, 2.24) is 0 Å². The van der Waals surface area contributed by atoms with Crippen molar-refractivity contribution in [2.45, 2.75) is 4.90 Å². The normalized spacial score (nSPS) is 10.7. The molecule has 1 rings (SSSR count). The number of hydrogen-bond donors (Lipinski definition) is 0. The molecule has 0 atom stereocenters. The molecule has 0 aliphatic heterocycles. The Balaban J connectivity index is 3.02. The van der Waals surface area contributed by atoms with E-state index in [2.05, 4.69) is 40.4 Å². The van der Waals surface area contributed by atoms with Gasteiger partial charge in [0.1, 0.15) is 0 Å². The predicted octanol–water partition coefficient (Wildman–Crippen LogP) is 3.77. The van der Waals surface area contributed by atoms with Crippen LogP contribution in [0.4, 0.5) is 0 Å². The Bertz CT molecular complexity index is 255. The van der Waals surface area contributed by atoms with Crippen molar-refractivity contribution in [2.75, 3.05) is 6.26 Å². The lowest BCUT2D eigenvalue weighted by Crippen LogP contribution is -1.75. The van der Waals surface area contributed by atoms with Gasteiger partial charge in [0, 0.05) is 4.90 Å². The van der Waals surface area contributed by atoms with Gasteiger partial charge in [-0.2, -0.15) is 0 Å². The molecule has 11 heavy (non-hydrogen) atoms. The number of benzene rings is 1. The maximum absolute atomic E-state index is 3.26. The number of rotatable bonds is 2. The minimum Gasteiger partial charge on any atom is -0.129 e. The minimum absolute atomic E-state index is 1.26. The highest BCUT2D eigenvalue weighted by atomic mass is 79.9. The zero-order valence-electron chi connectivity index (χ0n) is 6.25. The molecule has 0 aliphatic rings. The lowest BCUT2D eigenvalue weighted by atomic mass is 10.2. The molecule has 0 radical (unpaired) electrons. The molecule has 2 heteroatoms. The van der Waals surface area contributed by atoms with Crippen molar-refractivity contribution in [3.63, 3.8) is 0 Å². The van der Waals surface area contributed by atoms with E-state index in [0.29, 0.717) is 0 Å². The Kier molecular flexibility index (Phi) is 3.73. The van der Waals surface area contributed by atoms with Gasteiger partial charge in [0.25, 0.3) is 0 Å². The zero-order chi connectivity index (χ0) is 8.10. The van der Waals surface area contributed by atoms with Gasteiger partial charge in [-0.3, -0.25) is 0 Å². The Labute approximate surface area is 79.8 Å². The topological polar surface area (TPSA) is 0 Å². The molecule has 1 aromatic carbocycles. The van der Waals surface area contributed by atoms with Gasteiger partial charge < -0.3 is 0 Å². The Hall–Kier alpha value is -0.210. The summed E-state index contributed by atoms with van der Waals surface area (Å²) >= 11 is 5.02. The molecule has 0 aliphatic carbocycles. The molecule has 0 heterocycles. The van der Waals surface area contributed by atoms with E-state index in [1.165, 1.54) is 10.5 Å². The molecule has 0 saturated carbocycles. The Morgan fingerprint density at radius 2 is 2.09 bits per heavy atom. The second-order valence-corrected chi connectivity index (χ2v) is 3.41. The fourth-order valence-corrected chi connectivity index (χ4v) is 1.74. The van der Waals surface area contributed by atoms with Crippen molar-refractivity contribution in [3.05, 3.63) is 34.8 Å². The summed E-state index contributed by atoms with van der Waals surface area (Å²) in [6.07, 6.45) is 4.13. The number of hydrogen-bond acceptors (Lipinski definition) is 1. The monoisotopic (exact) mass is 228 g/mol. The first-order chi connectivity index (χ1) is 5.38. The molecule has 0 saturated heterocycles. The summed E-state index contributed by atoms with van der Waals surface area (Å²) in [4.78, 5) is 3.19. The maximum atomic E-state index is 3.26. The van der Waals surface area contributed by atoms with Gasteiger partial charge in [0.15, 0.2) is 0 Å². The van der Waals surface area contributed by atoms with Crippen LogP contribution in [-0.4, -0.2) is 6.26 Å². The van der Waals surface area contributed by atoms with Crippen LogP contribution < -0.4 is 0 Å². The van der Waals surface area contributed by atoms with E-state index < -0.39 is 0 Å². The van der Waals surface area contributed by atoms with Crippen LogP contribution in [0.2, 0.25) is 0 Å². The van der Waals surface area contributed by atoms with Crippen LogP contribution >= 0.6 is 27.7 Å². The largest absolute Gasteiger partial charge is 0.129 e. The van der Waals surface area contributed by atoms with E-state index in [-0.39, 0.29) is 0 Å². The van der Waals surface area contributed by atoms with Crippen LogP contribution in [0.25, 0.3) is 6.08 Å². The predicted molar refractivity (Wildman–Crippen MR) is 56.2 cm³/mol. The second-order valence-electron chi connectivity index (χ2n) is 2.03. The lowest BCUT2D eigenvalue weighted by Gasteiger charge is -1.99. The van der Waals surface area contributed by atoms with Crippen LogP contribution in [0.1, 0.15) is 5.56 Å². The summed E-state index contributed by atoms with van der Waals surface area (Å²) in [7, 11) is 0. The fourth-order valence-electron chi connectivity index (χ4n) is 0.872. The molecule has 0 unspecified atom stereocenters. The van der Waals surface area contributed by atoms with E-state index in [0.717, 1.165) is 0 Å². The first kappa shape index (κ1) is 8.88. The van der Waals surface area contributed by atoms with E-state index in [4.69, 9.17) is 0 Å². The van der Waals surface area contributed by atoms with Crippen LogP contribution in [-0.2, 0) is 0 Å². The highest BCUT2D eigenvalue weighted by Crippen LogP contribution is 2.21. The van der Waals surface area contributed by atoms with Crippen molar-refractivity contribution in [1.29, 1.82) is 0 Å². The van der Waals surface area contributed by atoms with Gasteiger partial charge in [-0.1, -0.05) is 34.1 Å². The van der Waals surface area contributed by atoms with Crippen LogP contribution in [0.3, 0.4) is 0 Å². The highest BCUT2D eigenvalue weighted by molar-refractivity contribution is 9.11. The average molecular weight is 229 g/mol. The van der Waals surface area contributed by atoms with Crippen LogP contribution in [0.5, 0.6) is 0 Å². The summed E-state index contributed by atoms with van der Waals surface area (Å²) in [5.74, 6) is 0. The van der Waals surface area contributed by atoms with Crippen molar-refractivity contribution >= 4 is 33.8 Å². The lowest BCUT2D eigenvalue weighted by molar-refractivity contribution is 1.43. The fraction of sp³-hybridized carbons (Fsp3) is 0.111. The number of halogens is 1. The van der Waals surface area contributed by atoms with Crippen molar-refractivity contribution in [2.24, 2.45) is 0 Å². The quantitative estimate of drug-likeness (QED) is 0.695. The Morgan fingerprint density at radius 1 is 1.36 bits per heavy atom. The molecule has 0 nitrogen and oxygen atoms in total. The van der Waals surface area contributed by atoms with Gasteiger partial charge in [-0.05, 0) is 28.9 Å². The molecular weight excluding hydrogens is 220 g/mol. The summed E-state index contributed by atoms with van der Waals surface area (Å²) in [5, 5.41) is 0. The standard InChI is InChI=1S/C9H9BrS/c1-11-9-5-3-2-4-8(9)6-7-10/h2-7H,1H3. The van der Waals surface area contributed by atoms with Crippen LogP contribution in [0.15, 0.2) is 34.1 Å². The molecule has 0 bridgehead atoms. The van der Waals surface area contributed by atoms with Gasteiger partial charge >= 0.3 is 0 Å². The molecule has 0 N–H and O–H groups in total. The summed E-state index contributed by atoms with van der Waals surface area (Å²) in [6.45, 7) is 0. The molecule has 0 aromatic heterocycles. The third kappa shape index (κ3) is 2.38. The van der Waals surface area contributed by atoms with E-state index in [9.17, 15) is 0 Å². The first-order valence-electron chi connectivity index (χ1n) is 3.28. The molecular formula is C9H9BrS. The zero-order valence-corrected chi connectivity index (χ0v) is 8.65. The van der Waals surface area contributed by atoms with E-state index in [1.54, 1.807) is 11.8 Å². The molecule has 0 spiro atoms. The molecule has 0 amide bonds. The van der Waals surface area contributed by atoms with Crippen molar-refractivity contribution < 1.29 is 0 Å². The number of thioether (sulfide) groups is 1. The molecule has 58 valence electrons. The minimum atomic E-state index is 1.26. The van der Waals surface area contributed by atoms with Crippen molar-refractivity contribution in [3.8, 4) is 0 Å². The van der Waals surface area contributed by atoms with Gasteiger partial charge in [0.2, 0.25) is 0 Å². The van der Waals surface area contributed by atoms with E-state index in [1.807, 2.05) is 17.1 Å².